The highest BCUT2D eigenvalue weighted by molar-refractivity contribution is 7.90. The van der Waals surface area contributed by atoms with E-state index in [9.17, 15) is 18.3 Å². The van der Waals surface area contributed by atoms with Crippen molar-refractivity contribution in [3.05, 3.63) is 29.6 Å². The van der Waals surface area contributed by atoms with Gasteiger partial charge in [0.15, 0.2) is 0 Å². The molecule has 1 aromatic heterocycles. The Balaban J connectivity index is 2.57. The predicted molar refractivity (Wildman–Crippen MR) is 80.4 cm³/mol. The third-order valence-corrected chi connectivity index (χ3v) is 4.17. The molecular weight excluding hydrogens is 292 g/mol. The summed E-state index contributed by atoms with van der Waals surface area (Å²) in [7, 11) is -3.09. The molecule has 0 unspecified atom stereocenters. The molecule has 7 heteroatoms. The van der Waals surface area contributed by atoms with Crippen molar-refractivity contribution in [2.45, 2.75) is 26.3 Å². The van der Waals surface area contributed by atoms with Gasteiger partial charge in [-0.1, -0.05) is 13.0 Å². The number of carbonyl (C=O) groups is 1. The first-order valence-electron chi connectivity index (χ1n) is 6.72. The number of imidazole rings is 1. The molecule has 0 atom stereocenters. The number of rotatable bonds is 6. The van der Waals surface area contributed by atoms with Gasteiger partial charge in [0.25, 0.3) is 0 Å². The Morgan fingerprint density at radius 2 is 2.10 bits per heavy atom. The molecule has 0 aliphatic rings. The minimum Gasteiger partial charge on any atom is -0.478 e. The van der Waals surface area contributed by atoms with Gasteiger partial charge in [-0.05, 0) is 18.6 Å². The lowest BCUT2D eigenvalue weighted by atomic mass is 10.2. The predicted octanol–water partition coefficient (Wildman–Crippen LogP) is 1.73. The summed E-state index contributed by atoms with van der Waals surface area (Å²) in [6.45, 7) is 2.28. The van der Waals surface area contributed by atoms with Crippen molar-refractivity contribution >= 4 is 26.8 Å². The minimum absolute atomic E-state index is 0.00642. The number of para-hydroxylation sites is 1. The van der Waals surface area contributed by atoms with E-state index in [1.807, 2.05) is 11.5 Å². The van der Waals surface area contributed by atoms with Gasteiger partial charge in [-0.15, -0.1) is 0 Å². The number of aromatic nitrogens is 2. The van der Waals surface area contributed by atoms with Crippen LogP contribution in [0.5, 0.6) is 0 Å². The fourth-order valence-electron chi connectivity index (χ4n) is 2.29. The molecule has 0 saturated carbocycles. The molecule has 0 aliphatic heterocycles. The Hall–Kier alpha value is -1.89. The third kappa shape index (κ3) is 3.41. The van der Waals surface area contributed by atoms with E-state index in [-0.39, 0.29) is 17.9 Å². The van der Waals surface area contributed by atoms with Gasteiger partial charge >= 0.3 is 5.97 Å². The van der Waals surface area contributed by atoms with Crippen molar-refractivity contribution in [3.63, 3.8) is 0 Å². The summed E-state index contributed by atoms with van der Waals surface area (Å²) in [5.74, 6) is -0.298. The van der Waals surface area contributed by atoms with Crippen molar-refractivity contribution in [1.82, 2.24) is 9.55 Å². The van der Waals surface area contributed by atoms with E-state index in [1.165, 1.54) is 12.3 Å². The molecule has 1 N–H and O–H groups in total. The Kier molecular flexibility index (Phi) is 4.32. The second kappa shape index (κ2) is 5.85. The number of benzene rings is 1. The number of nitrogens with zero attached hydrogens (tertiary/aromatic N) is 2. The summed E-state index contributed by atoms with van der Waals surface area (Å²) in [6, 6.07) is 4.94. The summed E-state index contributed by atoms with van der Waals surface area (Å²) in [5, 5.41) is 9.23. The van der Waals surface area contributed by atoms with Gasteiger partial charge in [0.05, 0.1) is 16.8 Å². The molecule has 0 amide bonds. The highest BCUT2D eigenvalue weighted by Crippen LogP contribution is 2.21. The van der Waals surface area contributed by atoms with E-state index in [1.54, 1.807) is 12.1 Å². The van der Waals surface area contributed by atoms with Crippen molar-refractivity contribution < 1.29 is 18.3 Å². The molecule has 0 saturated heterocycles. The third-order valence-electron chi connectivity index (χ3n) is 3.25. The smallest absolute Gasteiger partial charge is 0.337 e. The molecule has 21 heavy (non-hydrogen) atoms. The number of hydrogen-bond donors (Lipinski definition) is 1. The van der Waals surface area contributed by atoms with E-state index in [4.69, 9.17) is 0 Å². The first-order chi connectivity index (χ1) is 9.83. The maximum Gasteiger partial charge on any atom is 0.337 e. The van der Waals surface area contributed by atoms with Crippen molar-refractivity contribution in [3.8, 4) is 0 Å². The lowest BCUT2D eigenvalue weighted by Crippen LogP contribution is -2.13. The van der Waals surface area contributed by atoms with E-state index in [0.717, 1.165) is 12.2 Å². The van der Waals surface area contributed by atoms with Crippen LogP contribution in [0, 0.1) is 0 Å². The van der Waals surface area contributed by atoms with Gasteiger partial charge in [-0.25, -0.2) is 18.2 Å². The monoisotopic (exact) mass is 310 g/mol. The first-order valence-corrected chi connectivity index (χ1v) is 8.78. The number of fused-ring (bicyclic) bond motifs is 1. The quantitative estimate of drug-likeness (QED) is 0.877. The number of aromatic carboxylic acids is 1. The molecule has 114 valence electrons. The Bertz CT molecular complexity index is 778. The van der Waals surface area contributed by atoms with Crippen LogP contribution in [0.15, 0.2) is 18.2 Å². The number of aryl methyl sites for hydroxylation is 2. The highest BCUT2D eigenvalue weighted by atomic mass is 32.2. The number of carboxylic acids is 1. The van der Waals surface area contributed by atoms with Crippen LogP contribution >= 0.6 is 0 Å². The maximum atomic E-state index is 11.4. The molecule has 1 heterocycles. The van der Waals surface area contributed by atoms with Gasteiger partial charge in [-0.3, -0.25) is 0 Å². The zero-order valence-electron chi connectivity index (χ0n) is 12.0. The molecular formula is C14H18N2O4S. The SMILES string of the molecule is CCCc1nc2c(C(=O)O)cccc2n1CCS(C)(=O)=O. The Morgan fingerprint density at radius 3 is 2.67 bits per heavy atom. The summed E-state index contributed by atoms with van der Waals surface area (Å²) < 4.78 is 24.6. The molecule has 2 rings (SSSR count). The van der Waals surface area contributed by atoms with Crippen molar-refractivity contribution in [1.29, 1.82) is 0 Å². The van der Waals surface area contributed by atoms with Crippen LogP contribution in [0.25, 0.3) is 11.0 Å². The Morgan fingerprint density at radius 1 is 1.38 bits per heavy atom. The molecule has 0 radical (unpaired) electrons. The number of sulfone groups is 1. The second-order valence-corrected chi connectivity index (χ2v) is 7.30. The molecule has 6 nitrogen and oxygen atoms in total. The normalized spacial score (nSPS) is 11.9. The van der Waals surface area contributed by atoms with Gasteiger partial charge in [-0.2, -0.15) is 0 Å². The molecule has 1 aromatic carbocycles. The average Bonchev–Trinajstić information content (AvgIpc) is 2.73. The molecule has 2 aromatic rings. The average molecular weight is 310 g/mol. The minimum atomic E-state index is -3.09. The van der Waals surface area contributed by atoms with Crippen LogP contribution in [-0.4, -0.2) is 41.1 Å². The molecule has 0 spiro atoms. The van der Waals surface area contributed by atoms with Crippen LogP contribution in [0.1, 0.15) is 29.5 Å². The largest absolute Gasteiger partial charge is 0.478 e. The van der Waals surface area contributed by atoms with Gasteiger partial charge < -0.3 is 9.67 Å². The van der Waals surface area contributed by atoms with Crippen LogP contribution in [0.3, 0.4) is 0 Å². The number of carboxylic acid groups (broad SMARTS) is 1. The first kappa shape index (κ1) is 15.5. The lowest BCUT2D eigenvalue weighted by molar-refractivity contribution is 0.0699. The summed E-state index contributed by atoms with van der Waals surface area (Å²) in [4.78, 5) is 15.7. The topological polar surface area (TPSA) is 89.3 Å². The Labute approximate surface area is 123 Å². The molecule has 0 aliphatic carbocycles. The standard InChI is InChI=1S/C14H18N2O4S/c1-3-5-12-15-13-10(14(17)18)6-4-7-11(13)16(12)8-9-21(2,19)20/h4,6-7H,3,5,8-9H2,1-2H3,(H,17,18). The summed E-state index contributed by atoms with van der Waals surface area (Å²) in [5.41, 5.74) is 1.23. The van der Waals surface area contributed by atoms with Crippen molar-refractivity contribution in [2.24, 2.45) is 0 Å². The zero-order chi connectivity index (χ0) is 15.6. The van der Waals surface area contributed by atoms with Crippen molar-refractivity contribution in [2.75, 3.05) is 12.0 Å². The van der Waals surface area contributed by atoms with E-state index >= 15 is 0 Å². The second-order valence-electron chi connectivity index (χ2n) is 5.04. The van der Waals surface area contributed by atoms with Crippen LogP contribution in [-0.2, 0) is 22.8 Å². The number of hydrogen-bond acceptors (Lipinski definition) is 4. The van der Waals surface area contributed by atoms with Crippen LogP contribution in [0.4, 0.5) is 0 Å². The van der Waals surface area contributed by atoms with E-state index < -0.39 is 15.8 Å². The lowest BCUT2D eigenvalue weighted by Gasteiger charge is -2.07. The zero-order valence-corrected chi connectivity index (χ0v) is 12.9. The maximum absolute atomic E-state index is 11.4. The van der Waals surface area contributed by atoms with Crippen LogP contribution in [0.2, 0.25) is 0 Å². The van der Waals surface area contributed by atoms with Crippen LogP contribution < -0.4 is 0 Å². The summed E-state index contributed by atoms with van der Waals surface area (Å²) >= 11 is 0. The van der Waals surface area contributed by atoms with Gasteiger partial charge in [0.1, 0.15) is 21.2 Å². The highest BCUT2D eigenvalue weighted by Gasteiger charge is 2.17. The fourth-order valence-corrected chi connectivity index (χ4v) is 2.80. The molecule has 0 fully saturated rings. The van der Waals surface area contributed by atoms with Gasteiger partial charge in [0, 0.05) is 19.2 Å². The van der Waals surface area contributed by atoms with Gasteiger partial charge in [0.2, 0.25) is 0 Å². The summed E-state index contributed by atoms with van der Waals surface area (Å²) in [6.07, 6.45) is 2.72. The molecule has 0 bridgehead atoms. The van der Waals surface area contributed by atoms with E-state index in [0.29, 0.717) is 17.5 Å². The van der Waals surface area contributed by atoms with E-state index in [2.05, 4.69) is 4.98 Å². The fraction of sp³-hybridized carbons (Fsp3) is 0.429.